The second-order valence-electron chi connectivity index (χ2n) is 6.46. The smallest absolute Gasteiger partial charge is 0.253 e. The highest BCUT2D eigenvalue weighted by Gasteiger charge is 2.35. The summed E-state index contributed by atoms with van der Waals surface area (Å²) in [6.07, 6.45) is 0. The molecule has 1 fully saturated rings. The maximum Gasteiger partial charge on any atom is 0.253 e. The number of hydrogen-bond donors (Lipinski definition) is 2. The van der Waals surface area contributed by atoms with E-state index in [-0.39, 0.29) is 35.0 Å². The molecule has 6 nitrogen and oxygen atoms in total. The maximum absolute atomic E-state index is 12.9. The lowest BCUT2D eigenvalue weighted by atomic mass is 9.89. The highest BCUT2D eigenvalue weighted by Crippen LogP contribution is 2.32. The number of likely N-dealkylation sites (tertiary alicyclic amines) is 1. The van der Waals surface area contributed by atoms with Gasteiger partial charge in [-0.2, -0.15) is 0 Å². The van der Waals surface area contributed by atoms with Gasteiger partial charge in [0.05, 0.1) is 4.90 Å². The summed E-state index contributed by atoms with van der Waals surface area (Å²) in [5.74, 6) is 0.204. The van der Waals surface area contributed by atoms with Crippen LogP contribution >= 0.6 is 12.4 Å². The van der Waals surface area contributed by atoms with E-state index in [0.717, 1.165) is 0 Å². The molecule has 1 saturated heterocycles. The molecule has 0 radical (unpaired) electrons. The summed E-state index contributed by atoms with van der Waals surface area (Å²) in [6, 6.07) is 16.2. The van der Waals surface area contributed by atoms with Crippen LogP contribution in [0.15, 0.2) is 59.5 Å². The van der Waals surface area contributed by atoms with E-state index >= 15 is 0 Å². The van der Waals surface area contributed by atoms with Crippen molar-refractivity contribution in [3.8, 4) is 0 Å². The van der Waals surface area contributed by atoms with E-state index in [1.807, 2.05) is 18.2 Å². The second-order valence-corrected chi connectivity index (χ2v) is 8.35. The highest BCUT2D eigenvalue weighted by molar-refractivity contribution is 7.89. The average Bonchev–Trinajstić information content (AvgIpc) is 3.12. The van der Waals surface area contributed by atoms with Gasteiger partial charge >= 0.3 is 0 Å². The quantitative estimate of drug-likeness (QED) is 0.787. The lowest BCUT2D eigenvalue weighted by Gasteiger charge is -2.17. The fourth-order valence-electron chi connectivity index (χ4n) is 3.45. The summed E-state index contributed by atoms with van der Waals surface area (Å²) < 4.78 is 26.2. The van der Waals surface area contributed by atoms with Crippen LogP contribution in [0.25, 0.3) is 0 Å². The summed E-state index contributed by atoms with van der Waals surface area (Å²) in [5, 5.41) is 0. The van der Waals surface area contributed by atoms with Crippen molar-refractivity contribution in [2.45, 2.75) is 10.8 Å². The van der Waals surface area contributed by atoms with Gasteiger partial charge in [-0.05, 0) is 43.3 Å². The molecule has 2 atom stereocenters. The number of benzene rings is 2. The fraction of sp³-hybridized carbons (Fsp3) is 0.316. The van der Waals surface area contributed by atoms with Crippen molar-refractivity contribution >= 4 is 28.3 Å². The molecule has 1 amide bonds. The van der Waals surface area contributed by atoms with E-state index in [1.165, 1.54) is 24.7 Å². The first kappa shape index (κ1) is 21.4. The third-order valence-electron chi connectivity index (χ3n) is 4.92. The Morgan fingerprint density at radius 2 is 1.85 bits per heavy atom. The number of nitrogens with two attached hydrogens (primary N) is 1. The van der Waals surface area contributed by atoms with Gasteiger partial charge in [-0.15, -0.1) is 12.4 Å². The Balaban J connectivity index is 0.00000261. The monoisotopic (exact) mass is 409 g/mol. The number of carbonyl (C=O) groups is 1. The number of sulfonamides is 1. The van der Waals surface area contributed by atoms with E-state index in [1.54, 1.807) is 17.0 Å². The molecular formula is C19H24ClN3O3S. The summed E-state index contributed by atoms with van der Waals surface area (Å²) in [7, 11) is -2.24. The molecule has 1 aliphatic heterocycles. The molecule has 0 bridgehead atoms. The first-order valence-electron chi connectivity index (χ1n) is 8.54. The van der Waals surface area contributed by atoms with E-state index < -0.39 is 10.0 Å². The number of nitrogens with zero attached hydrogens (tertiary/aromatic N) is 1. The van der Waals surface area contributed by atoms with E-state index in [0.29, 0.717) is 25.2 Å². The van der Waals surface area contributed by atoms with Gasteiger partial charge in [0.2, 0.25) is 10.0 Å². The van der Waals surface area contributed by atoms with Gasteiger partial charge in [-0.25, -0.2) is 13.1 Å². The number of rotatable bonds is 5. The molecule has 1 heterocycles. The van der Waals surface area contributed by atoms with Crippen molar-refractivity contribution < 1.29 is 13.2 Å². The average molecular weight is 410 g/mol. The van der Waals surface area contributed by atoms with Crippen LogP contribution in [0.3, 0.4) is 0 Å². The summed E-state index contributed by atoms with van der Waals surface area (Å²) in [5.41, 5.74) is 7.47. The van der Waals surface area contributed by atoms with Gasteiger partial charge in [-0.1, -0.05) is 36.4 Å². The van der Waals surface area contributed by atoms with Crippen molar-refractivity contribution in [1.29, 1.82) is 0 Å². The standard InChI is InChI=1S/C19H23N3O3S.ClH/c1-21-26(24,25)17-9-5-8-15(10-17)19(23)22-12-16(11-20)18(13-22)14-6-3-2-4-7-14;/h2-10,16,18,21H,11-13,20H2,1H3;1H/t16-,18+;/m1./s1. The van der Waals surface area contributed by atoms with E-state index in [4.69, 9.17) is 5.73 Å². The van der Waals surface area contributed by atoms with Crippen molar-refractivity contribution in [2.24, 2.45) is 11.7 Å². The number of amides is 1. The second kappa shape index (κ2) is 8.84. The fourth-order valence-corrected chi connectivity index (χ4v) is 4.23. The van der Waals surface area contributed by atoms with Crippen molar-refractivity contribution in [2.75, 3.05) is 26.7 Å². The van der Waals surface area contributed by atoms with E-state index in [2.05, 4.69) is 16.9 Å². The third-order valence-corrected chi connectivity index (χ3v) is 6.33. The third kappa shape index (κ3) is 4.50. The Morgan fingerprint density at radius 1 is 1.15 bits per heavy atom. The Bertz CT molecular complexity index is 890. The lowest BCUT2D eigenvalue weighted by Crippen LogP contribution is -2.30. The minimum absolute atomic E-state index is 0. The molecule has 1 aliphatic rings. The zero-order valence-corrected chi connectivity index (χ0v) is 16.7. The van der Waals surface area contributed by atoms with Crippen LogP contribution in [0.4, 0.5) is 0 Å². The molecule has 3 rings (SSSR count). The minimum Gasteiger partial charge on any atom is -0.338 e. The number of nitrogens with one attached hydrogen (secondary N) is 1. The first-order valence-corrected chi connectivity index (χ1v) is 10.0. The lowest BCUT2D eigenvalue weighted by molar-refractivity contribution is 0.0786. The first-order chi connectivity index (χ1) is 12.5. The molecule has 2 aromatic rings. The van der Waals surface area contributed by atoms with E-state index in [9.17, 15) is 13.2 Å². The van der Waals surface area contributed by atoms with Crippen LogP contribution in [-0.2, 0) is 10.0 Å². The molecule has 0 aromatic heterocycles. The molecule has 8 heteroatoms. The summed E-state index contributed by atoms with van der Waals surface area (Å²) in [4.78, 5) is 14.8. The molecule has 0 saturated carbocycles. The number of hydrogen-bond acceptors (Lipinski definition) is 4. The van der Waals surface area contributed by atoms with Crippen LogP contribution in [0, 0.1) is 5.92 Å². The van der Waals surface area contributed by atoms with Gasteiger partial charge in [-0.3, -0.25) is 4.79 Å². The molecule has 3 N–H and O–H groups in total. The zero-order chi connectivity index (χ0) is 18.7. The highest BCUT2D eigenvalue weighted by atomic mass is 35.5. The predicted molar refractivity (Wildman–Crippen MR) is 108 cm³/mol. The molecule has 0 aliphatic carbocycles. The summed E-state index contributed by atoms with van der Waals surface area (Å²) >= 11 is 0. The Morgan fingerprint density at radius 3 is 2.48 bits per heavy atom. The molecule has 0 spiro atoms. The maximum atomic E-state index is 12.9. The Kier molecular flexibility index (Phi) is 7.00. The number of carbonyl (C=O) groups excluding carboxylic acids is 1. The largest absolute Gasteiger partial charge is 0.338 e. The van der Waals surface area contributed by atoms with Gasteiger partial charge in [0.25, 0.3) is 5.91 Å². The summed E-state index contributed by atoms with van der Waals surface area (Å²) in [6.45, 7) is 1.64. The van der Waals surface area contributed by atoms with Crippen LogP contribution < -0.4 is 10.5 Å². The normalized spacial score (nSPS) is 19.6. The SMILES string of the molecule is CNS(=O)(=O)c1cccc(C(=O)N2C[C@@H](CN)[C@H](c3ccccc3)C2)c1.Cl. The van der Waals surface area contributed by atoms with Crippen LogP contribution in [0.1, 0.15) is 21.8 Å². The Hall–Kier alpha value is -1.93. The Labute approximate surface area is 166 Å². The zero-order valence-electron chi connectivity index (χ0n) is 15.0. The topological polar surface area (TPSA) is 92.5 Å². The molecule has 2 aromatic carbocycles. The van der Waals surface area contributed by atoms with Crippen LogP contribution in [0.2, 0.25) is 0 Å². The van der Waals surface area contributed by atoms with Gasteiger partial charge in [0, 0.05) is 24.6 Å². The van der Waals surface area contributed by atoms with Crippen LogP contribution in [0.5, 0.6) is 0 Å². The predicted octanol–water partition coefficient (Wildman–Crippen LogP) is 1.83. The molecule has 27 heavy (non-hydrogen) atoms. The van der Waals surface area contributed by atoms with Crippen molar-refractivity contribution in [1.82, 2.24) is 9.62 Å². The van der Waals surface area contributed by atoms with Gasteiger partial charge < -0.3 is 10.6 Å². The van der Waals surface area contributed by atoms with Crippen LogP contribution in [-0.4, -0.2) is 45.9 Å². The number of halogens is 1. The minimum atomic E-state index is -3.59. The van der Waals surface area contributed by atoms with Crippen molar-refractivity contribution in [3.63, 3.8) is 0 Å². The van der Waals surface area contributed by atoms with Crippen molar-refractivity contribution in [3.05, 3.63) is 65.7 Å². The van der Waals surface area contributed by atoms with Gasteiger partial charge in [0.15, 0.2) is 0 Å². The van der Waals surface area contributed by atoms with Gasteiger partial charge in [0.1, 0.15) is 0 Å². The molecule has 0 unspecified atom stereocenters. The molecule has 146 valence electrons. The molecular weight excluding hydrogens is 386 g/mol.